The summed E-state index contributed by atoms with van der Waals surface area (Å²) in [5.41, 5.74) is 2.08. The quantitative estimate of drug-likeness (QED) is 0.457. The Labute approximate surface area is 192 Å². The second-order valence-corrected chi connectivity index (χ2v) is 10.1. The van der Waals surface area contributed by atoms with Gasteiger partial charge < -0.3 is 13.9 Å². The summed E-state index contributed by atoms with van der Waals surface area (Å²) in [5.74, 6) is 1.16. The summed E-state index contributed by atoms with van der Waals surface area (Å²) in [6.07, 6.45) is 8.58. The van der Waals surface area contributed by atoms with Crippen molar-refractivity contribution in [2.75, 3.05) is 14.2 Å². The van der Waals surface area contributed by atoms with E-state index < -0.39 is 11.5 Å². The molecule has 2 fully saturated rings. The lowest BCUT2D eigenvalue weighted by atomic mass is 9.46. The zero-order valence-corrected chi connectivity index (χ0v) is 20.3. The fraction of sp³-hybridized carbons (Fsp3) is 0.692. The molecular weight excluding hydrogens is 406 g/mol. The van der Waals surface area contributed by atoms with Crippen molar-refractivity contribution in [3.8, 4) is 0 Å². The van der Waals surface area contributed by atoms with Crippen LogP contribution in [0.3, 0.4) is 0 Å². The number of hydrogen-bond acceptors (Lipinski definition) is 6. The molecule has 0 saturated heterocycles. The normalized spacial score (nSPS) is 31.0. The number of fused-ring (bicyclic) bond motifs is 1. The highest BCUT2D eigenvalue weighted by Crippen LogP contribution is 2.62. The summed E-state index contributed by atoms with van der Waals surface area (Å²) in [6.45, 7) is 11.2. The van der Waals surface area contributed by atoms with E-state index in [2.05, 4.69) is 25.7 Å². The van der Waals surface area contributed by atoms with Crippen LogP contribution in [0.15, 0.2) is 28.9 Å². The third kappa shape index (κ3) is 4.52. The van der Waals surface area contributed by atoms with Crippen LogP contribution in [0.2, 0.25) is 0 Å². The number of nitrogens with one attached hydrogen (secondary N) is 1. The van der Waals surface area contributed by atoms with E-state index in [0.717, 1.165) is 56.3 Å². The van der Waals surface area contributed by atoms with Gasteiger partial charge in [-0.1, -0.05) is 25.5 Å². The Bertz CT molecular complexity index is 845. The molecule has 2 aliphatic rings. The Kier molecular flexibility index (Phi) is 7.53. The molecule has 0 bridgehead atoms. The summed E-state index contributed by atoms with van der Waals surface area (Å²) in [4.78, 5) is 24.4. The molecule has 6 nitrogen and oxygen atoms in total. The van der Waals surface area contributed by atoms with E-state index in [0.29, 0.717) is 18.4 Å². The molecule has 0 radical (unpaired) electrons. The maximum Gasteiger partial charge on any atom is 0.322 e. The first kappa shape index (κ1) is 24.6. The highest BCUT2D eigenvalue weighted by atomic mass is 16.5. The standard InChI is InChI=1S/C26H39NO5/c1-17-8-11-22-25(3,13-7-14-26(22,4)24(29)31-6)20(17)10-9-19-12-15-32-21(19)16-27-18(2)23(28)30-5/h12,15,18,20,22,27H,1,7-11,13-14,16H2,2-6H3/t18-,20-,22-,25+,26-/m0/s1. The van der Waals surface area contributed by atoms with E-state index in [1.54, 1.807) is 13.2 Å². The minimum atomic E-state index is -0.421. The van der Waals surface area contributed by atoms with Crippen LogP contribution in [-0.2, 0) is 32.0 Å². The van der Waals surface area contributed by atoms with Gasteiger partial charge in [0.2, 0.25) is 0 Å². The Balaban J connectivity index is 1.72. The minimum absolute atomic E-state index is 0.0398. The van der Waals surface area contributed by atoms with E-state index >= 15 is 0 Å². The van der Waals surface area contributed by atoms with Gasteiger partial charge in [0.05, 0.1) is 32.4 Å². The largest absolute Gasteiger partial charge is 0.469 e. The Morgan fingerprint density at radius 2 is 2.03 bits per heavy atom. The first-order valence-corrected chi connectivity index (χ1v) is 11.8. The minimum Gasteiger partial charge on any atom is -0.469 e. The third-order valence-corrected chi connectivity index (χ3v) is 8.33. The average Bonchev–Trinajstić information content (AvgIpc) is 3.22. The molecule has 2 aliphatic carbocycles. The van der Waals surface area contributed by atoms with Crippen LogP contribution in [0.1, 0.15) is 70.6 Å². The van der Waals surface area contributed by atoms with Gasteiger partial charge in [-0.2, -0.15) is 0 Å². The van der Waals surface area contributed by atoms with Crippen molar-refractivity contribution in [3.05, 3.63) is 35.8 Å². The number of methoxy groups -OCH3 is 2. The van der Waals surface area contributed by atoms with Crippen molar-refractivity contribution >= 4 is 11.9 Å². The lowest BCUT2D eigenvalue weighted by Crippen LogP contribution is -2.53. The second-order valence-electron chi connectivity index (χ2n) is 10.1. The monoisotopic (exact) mass is 445 g/mol. The van der Waals surface area contributed by atoms with Crippen molar-refractivity contribution in [2.24, 2.45) is 22.7 Å². The Hall–Kier alpha value is -2.08. The second kappa shape index (κ2) is 9.82. The van der Waals surface area contributed by atoms with Gasteiger partial charge in [0.25, 0.3) is 0 Å². The SMILES string of the molecule is C=C1CC[C@H]2[C@](C)(CCC[C@]2(C)C(=O)OC)[C@H]1CCc1ccoc1CN[C@@H](C)C(=O)OC. The predicted octanol–water partition coefficient (Wildman–Crippen LogP) is 4.82. The lowest BCUT2D eigenvalue weighted by Gasteiger charge is -2.57. The van der Waals surface area contributed by atoms with Crippen LogP contribution in [0.4, 0.5) is 0 Å². The Morgan fingerprint density at radius 3 is 2.72 bits per heavy atom. The molecule has 0 aromatic carbocycles. The molecule has 1 heterocycles. The molecule has 1 aromatic heterocycles. The van der Waals surface area contributed by atoms with E-state index in [-0.39, 0.29) is 17.4 Å². The fourth-order valence-electron chi connectivity index (χ4n) is 6.51. The molecule has 5 atom stereocenters. The van der Waals surface area contributed by atoms with Crippen molar-refractivity contribution in [3.63, 3.8) is 0 Å². The molecule has 6 heteroatoms. The molecule has 1 aromatic rings. The van der Waals surface area contributed by atoms with Crippen molar-refractivity contribution in [2.45, 2.75) is 78.3 Å². The predicted molar refractivity (Wildman–Crippen MR) is 123 cm³/mol. The topological polar surface area (TPSA) is 77.8 Å². The number of carbonyl (C=O) groups excluding carboxylic acids is 2. The van der Waals surface area contributed by atoms with Gasteiger partial charge >= 0.3 is 11.9 Å². The molecule has 178 valence electrons. The summed E-state index contributed by atoms with van der Waals surface area (Å²) in [7, 11) is 2.90. The van der Waals surface area contributed by atoms with Gasteiger partial charge in [-0.25, -0.2) is 0 Å². The summed E-state index contributed by atoms with van der Waals surface area (Å²) in [5, 5.41) is 3.17. The van der Waals surface area contributed by atoms with E-state index in [9.17, 15) is 9.59 Å². The summed E-state index contributed by atoms with van der Waals surface area (Å²) < 4.78 is 15.7. The molecule has 2 saturated carbocycles. The number of esters is 2. The van der Waals surface area contributed by atoms with Gasteiger partial charge in [-0.05, 0) is 81.3 Å². The van der Waals surface area contributed by atoms with Gasteiger partial charge in [-0.3, -0.25) is 14.9 Å². The third-order valence-electron chi connectivity index (χ3n) is 8.33. The number of furan rings is 1. The molecule has 0 amide bonds. The molecule has 32 heavy (non-hydrogen) atoms. The number of rotatable bonds is 8. The zero-order chi connectivity index (χ0) is 23.5. The molecule has 0 spiro atoms. The van der Waals surface area contributed by atoms with Crippen LogP contribution in [0, 0.1) is 22.7 Å². The summed E-state index contributed by atoms with van der Waals surface area (Å²) >= 11 is 0. The van der Waals surface area contributed by atoms with Gasteiger partial charge in [0.1, 0.15) is 11.8 Å². The first-order chi connectivity index (χ1) is 15.2. The number of carbonyl (C=O) groups is 2. The number of aryl methyl sites for hydroxylation is 1. The molecule has 3 rings (SSSR count). The molecule has 1 N–H and O–H groups in total. The number of ether oxygens (including phenoxy) is 2. The van der Waals surface area contributed by atoms with Crippen LogP contribution in [0.25, 0.3) is 0 Å². The highest BCUT2D eigenvalue weighted by Gasteiger charge is 2.57. The molecule has 0 aliphatic heterocycles. The highest BCUT2D eigenvalue weighted by molar-refractivity contribution is 5.77. The average molecular weight is 446 g/mol. The van der Waals surface area contributed by atoms with Crippen molar-refractivity contribution < 1.29 is 23.5 Å². The van der Waals surface area contributed by atoms with E-state index in [1.807, 2.05) is 6.07 Å². The summed E-state index contributed by atoms with van der Waals surface area (Å²) in [6, 6.07) is 1.62. The van der Waals surface area contributed by atoms with Crippen LogP contribution in [-0.4, -0.2) is 32.2 Å². The van der Waals surface area contributed by atoms with Gasteiger partial charge in [-0.15, -0.1) is 0 Å². The first-order valence-electron chi connectivity index (χ1n) is 11.8. The lowest BCUT2D eigenvalue weighted by molar-refractivity contribution is -0.168. The molecular formula is C26H39NO5. The fourth-order valence-corrected chi connectivity index (χ4v) is 6.51. The number of allylic oxidation sites excluding steroid dienone is 1. The van der Waals surface area contributed by atoms with E-state index in [4.69, 9.17) is 13.9 Å². The van der Waals surface area contributed by atoms with Crippen molar-refractivity contribution in [1.82, 2.24) is 5.32 Å². The van der Waals surface area contributed by atoms with Crippen LogP contribution >= 0.6 is 0 Å². The van der Waals surface area contributed by atoms with Gasteiger partial charge in [0.15, 0.2) is 0 Å². The number of hydrogen-bond donors (Lipinski definition) is 1. The van der Waals surface area contributed by atoms with Crippen LogP contribution in [0.5, 0.6) is 0 Å². The molecule has 0 unspecified atom stereocenters. The van der Waals surface area contributed by atoms with Gasteiger partial charge in [0, 0.05) is 0 Å². The van der Waals surface area contributed by atoms with E-state index in [1.165, 1.54) is 19.8 Å². The Morgan fingerprint density at radius 1 is 1.28 bits per heavy atom. The zero-order valence-electron chi connectivity index (χ0n) is 20.3. The maximum atomic E-state index is 12.8. The van der Waals surface area contributed by atoms with Crippen molar-refractivity contribution in [1.29, 1.82) is 0 Å². The van der Waals surface area contributed by atoms with Crippen LogP contribution < -0.4 is 5.32 Å². The maximum absolute atomic E-state index is 12.8. The smallest absolute Gasteiger partial charge is 0.322 e.